The van der Waals surface area contributed by atoms with E-state index in [0.717, 1.165) is 26.4 Å². The molecule has 0 saturated carbocycles. The lowest BCUT2D eigenvalue weighted by atomic mass is 9.78. The first kappa shape index (κ1) is 15.9. The van der Waals surface area contributed by atoms with E-state index in [2.05, 4.69) is 39.9 Å². The Morgan fingerprint density at radius 1 is 1.33 bits per heavy atom. The predicted molar refractivity (Wildman–Crippen MR) is 75.9 cm³/mol. The van der Waals surface area contributed by atoms with E-state index in [1.807, 2.05) is 0 Å². The van der Waals surface area contributed by atoms with E-state index < -0.39 is 0 Å². The lowest BCUT2D eigenvalue weighted by Crippen LogP contribution is -2.53. The normalized spacial score (nSPS) is 24.8. The van der Waals surface area contributed by atoms with Crippen LogP contribution in [0, 0.1) is 11.3 Å². The van der Waals surface area contributed by atoms with Crippen molar-refractivity contribution >= 4 is 0 Å². The molecule has 0 spiro atoms. The summed E-state index contributed by atoms with van der Waals surface area (Å²) in [5, 5.41) is 3.64. The monoisotopic (exact) mass is 257 g/mol. The maximum absolute atomic E-state index is 6.06. The van der Waals surface area contributed by atoms with Crippen molar-refractivity contribution in [1.82, 2.24) is 5.32 Å². The minimum Gasteiger partial charge on any atom is -0.381 e. The highest BCUT2D eigenvalue weighted by Gasteiger charge is 2.37. The predicted octanol–water partition coefficient (Wildman–Crippen LogP) is 2.84. The second-order valence-electron chi connectivity index (χ2n) is 6.30. The van der Waals surface area contributed by atoms with Gasteiger partial charge in [0.1, 0.15) is 0 Å². The molecule has 0 aromatic heterocycles. The molecule has 1 saturated heterocycles. The second-order valence-corrected chi connectivity index (χ2v) is 6.30. The third kappa shape index (κ3) is 4.52. The molecule has 3 heteroatoms. The first-order valence-electron chi connectivity index (χ1n) is 7.43. The molecule has 108 valence electrons. The van der Waals surface area contributed by atoms with Gasteiger partial charge in [0.2, 0.25) is 0 Å². The van der Waals surface area contributed by atoms with Crippen LogP contribution in [0.25, 0.3) is 0 Å². The average Bonchev–Trinajstić information content (AvgIpc) is 2.33. The molecule has 18 heavy (non-hydrogen) atoms. The number of nitrogens with one attached hydrogen (secondary N) is 1. The van der Waals surface area contributed by atoms with Crippen molar-refractivity contribution in [1.29, 1.82) is 0 Å². The van der Waals surface area contributed by atoms with Crippen molar-refractivity contribution in [3.63, 3.8) is 0 Å². The molecule has 1 heterocycles. The van der Waals surface area contributed by atoms with Crippen LogP contribution in [-0.2, 0) is 9.47 Å². The quantitative estimate of drug-likeness (QED) is 0.793. The zero-order valence-electron chi connectivity index (χ0n) is 12.8. The Hall–Kier alpha value is -0.120. The molecule has 3 nitrogen and oxygen atoms in total. The van der Waals surface area contributed by atoms with Crippen LogP contribution in [0.2, 0.25) is 0 Å². The summed E-state index contributed by atoms with van der Waals surface area (Å²) in [7, 11) is 0. The molecule has 0 aromatic carbocycles. The van der Waals surface area contributed by atoms with E-state index in [1.54, 1.807) is 0 Å². The molecule has 0 amide bonds. The minimum atomic E-state index is 0.153. The summed E-state index contributed by atoms with van der Waals surface area (Å²) in [5.74, 6) is 0.578. The molecule has 1 rings (SSSR count). The topological polar surface area (TPSA) is 30.5 Å². The molecular formula is C15H31NO2. The van der Waals surface area contributed by atoms with Crippen LogP contribution >= 0.6 is 0 Å². The van der Waals surface area contributed by atoms with Crippen molar-refractivity contribution in [2.45, 2.75) is 59.6 Å². The van der Waals surface area contributed by atoms with E-state index >= 15 is 0 Å². The summed E-state index contributed by atoms with van der Waals surface area (Å²) < 4.78 is 11.7. The third-order valence-corrected chi connectivity index (χ3v) is 3.67. The molecule has 0 aromatic rings. The van der Waals surface area contributed by atoms with Crippen LogP contribution in [0.1, 0.15) is 47.5 Å². The number of hydrogen-bond acceptors (Lipinski definition) is 3. The summed E-state index contributed by atoms with van der Waals surface area (Å²) in [6.07, 6.45) is 2.67. The fourth-order valence-corrected chi connectivity index (χ4v) is 2.88. The van der Waals surface area contributed by atoms with E-state index in [0.29, 0.717) is 12.0 Å². The zero-order valence-corrected chi connectivity index (χ0v) is 12.8. The molecular weight excluding hydrogens is 226 g/mol. The number of likely N-dealkylation sites (N-methyl/N-ethyl adjacent to an activating group) is 1. The van der Waals surface area contributed by atoms with Crippen LogP contribution in [0.3, 0.4) is 0 Å². The maximum atomic E-state index is 6.06. The highest BCUT2D eigenvalue weighted by atomic mass is 16.5. The molecule has 0 radical (unpaired) electrons. The summed E-state index contributed by atoms with van der Waals surface area (Å²) in [6.45, 7) is 14.6. The van der Waals surface area contributed by atoms with Gasteiger partial charge in [-0.3, -0.25) is 0 Å². The smallest absolute Gasteiger partial charge is 0.0779 e. The highest BCUT2D eigenvalue weighted by molar-refractivity contribution is 4.91. The van der Waals surface area contributed by atoms with Crippen LogP contribution in [0.4, 0.5) is 0 Å². The summed E-state index contributed by atoms with van der Waals surface area (Å²) in [4.78, 5) is 0. The van der Waals surface area contributed by atoms with Gasteiger partial charge in [-0.15, -0.1) is 0 Å². The lowest BCUT2D eigenvalue weighted by molar-refractivity contribution is -0.0685. The molecule has 1 aliphatic rings. The van der Waals surface area contributed by atoms with E-state index in [-0.39, 0.29) is 11.5 Å². The summed E-state index contributed by atoms with van der Waals surface area (Å²) in [6, 6.07) is 0.398. The standard InChI is InChI=1S/C15H31NO2/c1-6-16-13(12-9-8-10-17-11-12)14(18-7-2)15(3,4)5/h12-14,16H,6-11H2,1-5H3. The molecule has 1 fully saturated rings. The Morgan fingerprint density at radius 2 is 2.06 bits per heavy atom. The first-order chi connectivity index (χ1) is 8.50. The van der Waals surface area contributed by atoms with Crippen LogP contribution in [0.15, 0.2) is 0 Å². The number of rotatable bonds is 6. The number of hydrogen-bond donors (Lipinski definition) is 1. The van der Waals surface area contributed by atoms with Crippen molar-refractivity contribution in [2.75, 3.05) is 26.4 Å². The molecule has 0 aliphatic carbocycles. The lowest BCUT2D eigenvalue weighted by Gasteiger charge is -2.42. The molecule has 3 unspecified atom stereocenters. The minimum absolute atomic E-state index is 0.153. The van der Waals surface area contributed by atoms with Gasteiger partial charge in [-0.25, -0.2) is 0 Å². The van der Waals surface area contributed by atoms with E-state index in [4.69, 9.17) is 9.47 Å². The van der Waals surface area contributed by atoms with Gasteiger partial charge in [0.05, 0.1) is 12.7 Å². The Labute approximate surface area is 113 Å². The van der Waals surface area contributed by atoms with E-state index in [1.165, 1.54) is 12.8 Å². The summed E-state index contributed by atoms with van der Waals surface area (Å²) >= 11 is 0. The van der Waals surface area contributed by atoms with Gasteiger partial charge in [-0.1, -0.05) is 27.7 Å². The molecule has 1 N–H and O–H groups in total. The third-order valence-electron chi connectivity index (χ3n) is 3.67. The Morgan fingerprint density at radius 3 is 2.50 bits per heavy atom. The van der Waals surface area contributed by atoms with Crippen LogP contribution in [0.5, 0.6) is 0 Å². The van der Waals surface area contributed by atoms with Gasteiger partial charge in [0.15, 0.2) is 0 Å². The van der Waals surface area contributed by atoms with E-state index in [9.17, 15) is 0 Å². The fraction of sp³-hybridized carbons (Fsp3) is 1.00. The molecule has 3 atom stereocenters. The Bertz CT molecular complexity index is 219. The molecule has 0 bridgehead atoms. The second kappa shape index (κ2) is 7.46. The van der Waals surface area contributed by atoms with Gasteiger partial charge in [-0.05, 0) is 31.7 Å². The van der Waals surface area contributed by atoms with Gasteiger partial charge in [0.25, 0.3) is 0 Å². The number of ether oxygens (including phenoxy) is 2. The first-order valence-corrected chi connectivity index (χ1v) is 7.43. The van der Waals surface area contributed by atoms with Gasteiger partial charge >= 0.3 is 0 Å². The SMILES string of the molecule is CCNC(C1CCCOC1)C(OCC)C(C)(C)C. The molecule has 1 aliphatic heterocycles. The van der Waals surface area contributed by atoms with Gasteiger partial charge < -0.3 is 14.8 Å². The van der Waals surface area contributed by atoms with Crippen molar-refractivity contribution in [3.05, 3.63) is 0 Å². The van der Waals surface area contributed by atoms with Crippen molar-refractivity contribution in [3.8, 4) is 0 Å². The van der Waals surface area contributed by atoms with Crippen LogP contribution < -0.4 is 5.32 Å². The van der Waals surface area contributed by atoms with Crippen molar-refractivity contribution < 1.29 is 9.47 Å². The summed E-state index contributed by atoms with van der Waals surface area (Å²) in [5.41, 5.74) is 0.153. The van der Waals surface area contributed by atoms with Crippen LogP contribution in [-0.4, -0.2) is 38.5 Å². The van der Waals surface area contributed by atoms with Gasteiger partial charge in [0, 0.05) is 25.2 Å². The Kier molecular flexibility index (Phi) is 6.61. The highest BCUT2D eigenvalue weighted by Crippen LogP contribution is 2.31. The largest absolute Gasteiger partial charge is 0.381 e. The fourth-order valence-electron chi connectivity index (χ4n) is 2.88. The zero-order chi connectivity index (χ0) is 13.6. The van der Waals surface area contributed by atoms with Gasteiger partial charge in [-0.2, -0.15) is 0 Å². The Balaban J connectivity index is 2.77. The van der Waals surface area contributed by atoms with Crippen molar-refractivity contribution in [2.24, 2.45) is 11.3 Å². The average molecular weight is 257 g/mol. The maximum Gasteiger partial charge on any atom is 0.0779 e.